The molecule has 4 aromatic rings. The van der Waals surface area contributed by atoms with Crippen molar-refractivity contribution in [3.63, 3.8) is 0 Å². The van der Waals surface area contributed by atoms with Crippen LogP contribution in [0.2, 0.25) is 0 Å². The zero-order valence-electron chi connectivity index (χ0n) is 20.3. The molecule has 0 radical (unpaired) electrons. The van der Waals surface area contributed by atoms with Crippen LogP contribution < -0.4 is 10.1 Å². The van der Waals surface area contributed by atoms with E-state index < -0.39 is 0 Å². The second-order valence-corrected chi connectivity index (χ2v) is 9.49. The van der Waals surface area contributed by atoms with Gasteiger partial charge in [-0.3, -0.25) is 4.90 Å². The van der Waals surface area contributed by atoms with Crippen molar-refractivity contribution in [3.8, 4) is 5.95 Å². The van der Waals surface area contributed by atoms with Gasteiger partial charge in [0.1, 0.15) is 5.76 Å². The Morgan fingerprint density at radius 2 is 1.80 bits per heavy atom. The molecule has 5 heteroatoms. The van der Waals surface area contributed by atoms with Crippen molar-refractivity contribution in [1.82, 2.24) is 10.2 Å². The van der Waals surface area contributed by atoms with E-state index in [1.54, 1.807) is 6.07 Å². The SMILES string of the molecule is C[C@@H](NCC1CN(Cc2ccc(OCO)o2)CCC1c1ccccc1)c1cccc2ccccc12. The van der Waals surface area contributed by atoms with E-state index in [-0.39, 0.29) is 12.8 Å². The summed E-state index contributed by atoms with van der Waals surface area (Å²) in [5.41, 5.74) is 2.77. The van der Waals surface area contributed by atoms with Crippen molar-refractivity contribution in [3.05, 3.63) is 102 Å². The summed E-state index contributed by atoms with van der Waals surface area (Å²) < 4.78 is 10.8. The number of nitrogens with zero attached hydrogens (tertiary/aromatic N) is 1. The summed E-state index contributed by atoms with van der Waals surface area (Å²) in [6, 6.07) is 30.1. The minimum absolute atomic E-state index is 0.260. The van der Waals surface area contributed by atoms with E-state index in [1.165, 1.54) is 21.9 Å². The second-order valence-electron chi connectivity index (χ2n) is 9.49. The lowest BCUT2D eigenvalue weighted by molar-refractivity contribution is 0.0709. The highest BCUT2D eigenvalue weighted by atomic mass is 16.6. The molecule has 1 aliphatic heterocycles. The Morgan fingerprint density at radius 3 is 2.66 bits per heavy atom. The molecule has 1 aliphatic rings. The van der Waals surface area contributed by atoms with Crippen LogP contribution in [0, 0.1) is 5.92 Å². The van der Waals surface area contributed by atoms with Crippen LogP contribution in [-0.4, -0.2) is 36.4 Å². The fraction of sp³-hybridized carbons (Fsp3) is 0.333. The Hall–Kier alpha value is -3.12. The lowest BCUT2D eigenvalue weighted by atomic mass is 9.80. The fourth-order valence-electron chi connectivity index (χ4n) is 5.47. The molecule has 2 unspecified atom stereocenters. The van der Waals surface area contributed by atoms with Crippen molar-refractivity contribution >= 4 is 10.8 Å². The number of rotatable bonds is 9. The van der Waals surface area contributed by atoms with Crippen LogP contribution in [0.4, 0.5) is 0 Å². The van der Waals surface area contributed by atoms with Gasteiger partial charge in [-0.15, -0.1) is 0 Å². The van der Waals surface area contributed by atoms with E-state index in [0.717, 1.165) is 38.4 Å². The van der Waals surface area contributed by atoms with E-state index in [4.69, 9.17) is 14.3 Å². The molecular formula is C30H34N2O3. The molecule has 3 atom stereocenters. The van der Waals surface area contributed by atoms with Gasteiger partial charge >= 0.3 is 0 Å². The maximum absolute atomic E-state index is 8.97. The van der Waals surface area contributed by atoms with Gasteiger partial charge in [0.25, 0.3) is 5.95 Å². The molecule has 1 fully saturated rings. The summed E-state index contributed by atoms with van der Waals surface area (Å²) in [7, 11) is 0. The number of piperidine rings is 1. The number of fused-ring (bicyclic) bond motifs is 1. The second kappa shape index (κ2) is 11.1. The van der Waals surface area contributed by atoms with Gasteiger partial charge in [0.2, 0.25) is 0 Å². The molecule has 182 valence electrons. The zero-order chi connectivity index (χ0) is 24.0. The Kier molecular flexibility index (Phi) is 7.48. The van der Waals surface area contributed by atoms with Crippen LogP contribution in [0.25, 0.3) is 10.8 Å². The molecule has 1 saturated heterocycles. The van der Waals surface area contributed by atoms with Crippen LogP contribution in [0.15, 0.2) is 89.3 Å². The first-order chi connectivity index (χ1) is 17.2. The van der Waals surface area contributed by atoms with Gasteiger partial charge < -0.3 is 19.6 Å². The Bertz CT molecular complexity index is 1220. The molecule has 0 bridgehead atoms. The van der Waals surface area contributed by atoms with Gasteiger partial charge in [0.15, 0.2) is 6.79 Å². The molecule has 3 aromatic carbocycles. The third kappa shape index (κ3) is 5.59. The van der Waals surface area contributed by atoms with Crippen molar-refractivity contribution in [2.24, 2.45) is 5.92 Å². The number of aliphatic hydroxyl groups is 1. The number of nitrogens with one attached hydrogen (secondary N) is 1. The lowest BCUT2D eigenvalue weighted by Crippen LogP contribution is -2.43. The van der Waals surface area contributed by atoms with E-state index in [0.29, 0.717) is 17.8 Å². The van der Waals surface area contributed by atoms with Crippen molar-refractivity contribution in [2.75, 3.05) is 26.4 Å². The van der Waals surface area contributed by atoms with E-state index in [1.807, 2.05) is 6.07 Å². The molecule has 1 aromatic heterocycles. The minimum atomic E-state index is -0.377. The fourth-order valence-corrected chi connectivity index (χ4v) is 5.47. The molecule has 5 nitrogen and oxygen atoms in total. The van der Waals surface area contributed by atoms with E-state index in [9.17, 15) is 0 Å². The van der Waals surface area contributed by atoms with Crippen LogP contribution in [0.5, 0.6) is 5.95 Å². The topological polar surface area (TPSA) is 57.9 Å². The van der Waals surface area contributed by atoms with Crippen molar-refractivity contribution in [2.45, 2.75) is 31.8 Å². The molecule has 0 spiro atoms. The summed E-state index contributed by atoms with van der Waals surface area (Å²) in [6.45, 7) is 5.59. The number of hydrogen-bond donors (Lipinski definition) is 2. The third-order valence-corrected chi connectivity index (χ3v) is 7.25. The van der Waals surface area contributed by atoms with Crippen molar-refractivity contribution in [1.29, 1.82) is 0 Å². The molecular weight excluding hydrogens is 436 g/mol. The van der Waals surface area contributed by atoms with Gasteiger partial charge in [-0.25, -0.2) is 0 Å². The average Bonchev–Trinajstić information content (AvgIpc) is 3.34. The number of benzene rings is 3. The number of likely N-dealkylation sites (tertiary alicyclic amines) is 1. The molecule has 0 aliphatic carbocycles. The molecule has 2 heterocycles. The molecule has 0 amide bonds. The highest BCUT2D eigenvalue weighted by molar-refractivity contribution is 5.86. The van der Waals surface area contributed by atoms with Gasteiger partial charge in [0.05, 0.1) is 6.54 Å². The first-order valence-corrected chi connectivity index (χ1v) is 12.5. The number of furan rings is 1. The molecule has 5 rings (SSSR count). The Balaban J connectivity index is 1.30. The molecule has 2 N–H and O–H groups in total. The maximum Gasteiger partial charge on any atom is 0.286 e. The quantitative estimate of drug-likeness (QED) is 0.307. The number of hydrogen-bond acceptors (Lipinski definition) is 5. The minimum Gasteiger partial charge on any atom is -0.438 e. The van der Waals surface area contributed by atoms with E-state index >= 15 is 0 Å². The monoisotopic (exact) mass is 470 g/mol. The third-order valence-electron chi connectivity index (χ3n) is 7.25. The first kappa shape index (κ1) is 23.6. The number of aliphatic hydroxyl groups excluding tert-OH is 1. The molecule has 0 saturated carbocycles. The average molecular weight is 471 g/mol. The number of ether oxygens (including phenoxy) is 1. The standard InChI is InChI=1S/C30H34N2O3/c1-22(27-13-7-11-24-10-5-6-12-29(24)27)31-18-25-19-32(20-26-14-15-30(35-26)34-21-33)17-16-28(25)23-8-3-2-4-9-23/h2-15,22,25,28,31,33H,16-21H2,1H3/t22-,25?,28?/m1/s1. The maximum atomic E-state index is 8.97. The highest BCUT2D eigenvalue weighted by Gasteiger charge is 2.31. The predicted octanol–water partition coefficient (Wildman–Crippen LogP) is 5.72. The van der Waals surface area contributed by atoms with E-state index in [2.05, 4.69) is 89.9 Å². The Labute approximate surface area is 207 Å². The van der Waals surface area contributed by atoms with Crippen LogP contribution in [-0.2, 0) is 6.54 Å². The lowest BCUT2D eigenvalue weighted by Gasteiger charge is -2.39. The summed E-state index contributed by atoms with van der Waals surface area (Å²) in [4.78, 5) is 2.47. The summed E-state index contributed by atoms with van der Waals surface area (Å²) >= 11 is 0. The predicted molar refractivity (Wildman–Crippen MR) is 139 cm³/mol. The highest BCUT2D eigenvalue weighted by Crippen LogP contribution is 2.34. The van der Waals surface area contributed by atoms with Crippen LogP contribution in [0.3, 0.4) is 0 Å². The Morgan fingerprint density at radius 1 is 1.00 bits per heavy atom. The summed E-state index contributed by atoms with van der Waals surface area (Å²) in [5, 5.41) is 15.4. The van der Waals surface area contributed by atoms with Gasteiger partial charge in [-0.1, -0.05) is 72.8 Å². The largest absolute Gasteiger partial charge is 0.438 e. The zero-order valence-corrected chi connectivity index (χ0v) is 20.3. The van der Waals surface area contributed by atoms with Crippen LogP contribution >= 0.6 is 0 Å². The first-order valence-electron chi connectivity index (χ1n) is 12.5. The summed E-state index contributed by atoms with van der Waals surface area (Å²) in [6.07, 6.45) is 1.11. The van der Waals surface area contributed by atoms with Gasteiger partial charge in [-0.05, 0) is 59.7 Å². The van der Waals surface area contributed by atoms with Gasteiger partial charge in [-0.2, -0.15) is 0 Å². The normalized spacial score (nSPS) is 19.6. The summed E-state index contributed by atoms with van der Waals surface area (Å²) in [5.74, 6) is 2.22. The van der Waals surface area contributed by atoms with Crippen molar-refractivity contribution < 1.29 is 14.3 Å². The molecule has 35 heavy (non-hydrogen) atoms. The smallest absolute Gasteiger partial charge is 0.286 e. The van der Waals surface area contributed by atoms with Crippen LogP contribution in [0.1, 0.15) is 42.2 Å². The van der Waals surface area contributed by atoms with Gasteiger partial charge in [0, 0.05) is 25.2 Å².